The van der Waals surface area contributed by atoms with Gasteiger partial charge in [0.05, 0.1) is 0 Å². The molecule has 0 spiro atoms. The van der Waals surface area contributed by atoms with Gasteiger partial charge >= 0.3 is 0 Å². The Hall–Kier alpha value is -1.51. The molecule has 1 aromatic rings. The molecule has 1 aromatic carbocycles. The van der Waals surface area contributed by atoms with E-state index in [1.54, 1.807) is 0 Å². The second-order valence-electron chi connectivity index (χ2n) is 6.24. The van der Waals surface area contributed by atoms with Gasteiger partial charge in [-0.3, -0.25) is 4.99 Å². The molecule has 1 aliphatic heterocycles. The van der Waals surface area contributed by atoms with Crippen LogP contribution in [0.15, 0.2) is 35.3 Å². The first-order chi connectivity index (χ1) is 10.2. The highest BCUT2D eigenvalue weighted by molar-refractivity contribution is 5.79. The summed E-state index contributed by atoms with van der Waals surface area (Å²) in [5.41, 5.74) is 1.42. The molecule has 3 nitrogen and oxygen atoms in total. The van der Waals surface area contributed by atoms with Crippen LogP contribution in [0.2, 0.25) is 0 Å². The molecule has 0 aliphatic carbocycles. The third-order valence-electron chi connectivity index (χ3n) is 4.52. The van der Waals surface area contributed by atoms with Gasteiger partial charge in [0.15, 0.2) is 5.96 Å². The van der Waals surface area contributed by atoms with Crippen LogP contribution in [0.25, 0.3) is 0 Å². The van der Waals surface area contributed by atoms with Gasteiger partial charge in [-0.1, -0.05) is 44.2 Å². The number of nitrogens with one attached hydrogen (secondary N) is 1. The van der Waals surface area contributed by atoms with Crippen LogP contribution >= 0.6 is 0 Å². The molecule has 1 saturated heterocycles. The van der Waals surface area contributed by atoms with Crippen molar-refractivity contribution < 1.29 is 0 Å². The van der Waals surface area contributed by atoms with E-state index in [4.69, 9.17) is 0 Å². The van der Waals surface area contributed by atoms with Crippen molar-refractivity contribution in [3.8, 4) is 0 Å². The molecule has 0 bridgehead atoms. The van der Waals surface area contributed by atoms with Crippen LogP contribution in [0, 0.1) is 5.92 Å². The van der Waals surface area contributed by atoms with Gasteiger partial charge in [-0.25, -0.2) is 0 Å². The van der Waals surface area contributed by atoms with Crippen molar-refractivity contribution in [1.29, 1.82) is 0 Å². The van der Waals surface area contributed by atoms with Gasteiger partial charge in [0.25, 0.3) is 0 Å². The molecule has 1 fully saturated rings. The Morgan fingerprint density at radius 3 is 2.57 bits per heavy atom. The van der Waals surface area contributed by atoms with Crippen molar-refractivity contribution in [1.82, 2.24) is 10.2 Å². The van der Waals surface area contributed by atoms with Gasteiger partial charge in [-0.05, 0) is 36.7 Å². The SMILES string of the molecule is CN=C(NCCC(C)c1ccccc1)N1CCC(C)CC1. The van der Waals surface area contributed by atoms with Crippen LogP contribution in [0.5, 0.6) is 0 Å². The Labute approximate surface area is 129 Å². The Morgan fingerprint density at radius 2 is 1.95 bits per heavy atom. The molecule has 1 N–H and O–H groups in total. The standard InChI is InChI=1S/C18H29N3/c1-15-10-13-21(14-11-15)18(19-3)20-12-9-16(2)17-7-5-4-6-8-17/h4-8,15-16H,9-14H2,1-3H3,(H,19,20). The lowest BCUT2D eigenvalue weighted by Gasteiger charge is -2.33. The summed E-state index contributed by atoms with van der Waals surface area (Å²) in [7, 11) is 1.89. The largest absolute Gasteiger partial charge is 0.356 e. The maximum Gasteiger partial charge on any atom is 0.193 e. The molecular weight excluding hydrogens is 258 g/mol. The number of guanidine groups is 1. The van der Waals surface area contributed by atoms with Crippen molar-refractivity contribution in [2.45, 2.75) is 39.0 Å². The number of hydrogen-bond donors (Lipinski definition) is 1. The molecule has 0 amide bonds. The molecule has 1 aliphatic rings. The lowest BCUT2D eigenvalue weighted by molar-refractivity contribution is 0.273. The molecule has 116 valence electrons. The van der Waals surface area contributed by atoms with Gasteiger partial charge in [-0.2, -0.15) is 0 Å². The number of benzene rings is 1. The van der Waals surface area contributed by atoms with Crippen molar-refractivity contribution in [2.75, 3.05) is 26.7 Å². The number of likely N-dealkylation sites (tertiary alicyclic amines) is 1. The Bertz CT molecular complexity index is 433. The van der Waals surface area contributed by atoms with Crippen LogP contribution in [0.3, 0.4) is 0 Å². The Balaban J connectivity index is 1.76. The van der Waals surface area contributed by atoms with E-state index in [1.807, 2.05) is 7.05 Å². The topological polar surface area (TPSA) is 27.6 Å². The average Bonchev–Trinajstić information content (AvgIpc) is 2.53. The Morgan fingerprint density at radius 1 is 1.29 bits per heavy atom. The van der Waals surface area contributed by atoms with E-state index >= 15 is 0 Å². The van der Waals surface area contributed by atoms with E-state index in [1.165, 1.54) is 18.4 Å². The first kappa shape index (κ1) is 15.9. The summed E-state index contributed by atoms with van der Waals surface area (Å²) in [6.07, 6.45) is 3.69. The van der Waals surface area contributed by atoms with Crippen LogP contribution in [-0.4, -0.2) is 37.5 Å². The zero-order valence-corrected chi connectivity index (χ0v) is 13.7. The number of hydrogen-bond acceptors (Lipinski definition) is 1. The summed E-state index contributed by atoms with van der Waals surface area (Å²) >= 11 is 0. The lowest BCUT2D eigenvalue weighted by Crippen LogP contribution is -2.45. The van der Waals surface area contributed by atoms with E-state index < -0.39 is 0 Å². The number of nitrogens with zero attached hydrogens (tertiary/aromatic N) is 2. The molecular formula is C18H29N3. The molecule has 0 radical (unpaired) electrons. The summed E-state index contributed by atoms with van der Waals surface area (Å²) in [6.45, 7) is 7.89. The molecule has 0 aromatic heterocycles. The zero-order chi connectivity index (χ0) is 15.1. The third kappa shape index (κ3) is 4.76. The monoisotopic (exact) mass is 287 g/mol. The number of aliphatic imine (C=N–C) groups is 1. The molecule has 2 rings (SSSR count). The predicted molar refractivity (Wildman–Crippen MR) is 90.8 cm³/mol. The normalized spacial score (nSPS) is 18.6. The first-order valence-electron chi connectivity index (χ1n) is 8.21. The van der Waals surface area contributed by atoms with E-state index in [0.717, 1.165) is 37.9 Å². The second-order valence-corrected chi connectivity index (χ2v) is 6.24. The predicted octanol–water partition coefficient (Wildman–Crippen LogP) is 3.49. The van der Waals surface area contributed by atoms with E-state index in [0.29, 0.717) is 5.92 Å². The smallest absolute Gasteiger partial charge is 0.193 e. The second kappa shape index (κ2) is 8.06. The summed E-state index contributed by atoms with van der Waals surface area (Å²) in [4.78, 5) is 6.83. The quantitative estimate of drug-likeness (QED) is 0.678. The minimum Gasteiger partial charge on any atom is -0.356 e. The molecule has 1 unspecified atom stereocenters. The molecule has 21 heavy (non-hydrogen) atoms. The molecule has 1 atom stereocenters. The van der Waals surface area contributed by atoms with Crippen molar-refractivity contribution in [3.63, 3.8) is 0 Å². The van der Waals surface area contributed by atoms with Gasteiger partial charge in [0.2, 0.25) is 0 Å². The summed E-state index contributed by atoms with van der Waals surface area (Å²) < 4.78 is 0. The lowest BCUT2D eigenvalue weighted by atomic mass is 9.98. The highest BCUT2D eigenvalue weighted by Gasteiger charge is 2.18. The maximum atomic E-state index is 4.44. The third-order valence-corrected chi connectivity index (χ3v) is 4.52. The summed E-state index contributed by atoms with van der Waals surface area (Å²) in [5, 5.41) is 3.53. The molecule has 0 saturated carbocycles. The van der Waals surface area contributed by atoms with Crippen molar-refractivity contribution in [3.05, 3.63) is 35.9 Å². The van der Waals surface area contributed by atoms with Gasteiger partial charge < -0.3 is 10.2 Å². The van der Waals surface area contributed by atoms with Crippen molar-refractivity contribution >= 4 is 5.96 Å². The van der Waals surface area contributed by atoms with Gasteiger partial charge in [-0.15, -0.1) is 0 Å². The van der Waals surface area contributed by atoms with Crippen molar-refractivity contribution in [2.24, 2.45) is 10.9 Å². The summed E-state index contributed by atoms with van der Waals surface area (Å²) in [6, 6.07) is 10.7. The van der Waals surface area contributed by atoms with Crippen LogP contribution in [0.4, 0.5) is 0 Å². The fourth-order valence-corrected chi connectivity index (χ4v) is 2.90. The molecule has 3 heteroatoms. The van der Waals surface area contributed by atoms with E-state index in [9.17, 15) is 0 Å². The average molecular weight is 287 g/mol. The summed E-state index contributed by atoms with van der Waals surface area (Å²) in [5.74, 6) is 2.51. The molecule has 1 heterocycles. The first-order valence-corrected chi connectivity index (χ1v) is 8.21. The maximum absolute atomic E-state index is 4.44. The minimum absolute atomic E-state index is 0.582. The van der Waals surface area contributed by atoms with Gasteiger partial charge in [0.1, 0.15) is 0 Å². The highest BCUT2D eigenvalue weighted by Crippen LogP contribution is 2.18. The van der Waals surface area contributed by atoms with Crippen LogP contribution in [-0.2, 0) is 0 Å². The number of rotatable bonds is 4. The van der Waals surface area contributed by atoms with E-state index in [-0.39, 0.29) is 0 Å². The van der Waals surface area contributed by atoms with Crippen LogP contribution in [0.1, 0.15) is 44.6 Å². The van der Waals surface area contributed by atoms with E-state index in [2.05, 4.69) is 59.4 Å². The zero-order valence-electron chi connectivity index (χ0n) is 13.7. The van der Waals surface area contributed by atoms with Crippen LogP contribution < -0.4 is 5.32 Å². The number of piperidine rings is 1. The highest BCUT2D eigenvalue weighted by atomic mass is 15.3. The fourth-order valence-electron chi connectivity index (χ4n) is 2.90. The fraction of sp³-hybridized carbons (Fsp3) is 0.611. The minimum atomic E-state index is 0.582. The Kier molecular flexibility index (Phi) is 6.09. The van der Waals surface area contributed by atoms with Gasteiger partial charge in [0, 0.05) is 26.7 Å².